The highest BCUT2D eigenvalue weighted by atomic mass is 19.1. The summed E-state index contributed by atoms with van der Waals surface area (Å²) in [5.74, 6) is -0.597. The zero-order chi connectivity index (χ0) is 16.2. The molecule has 0 saturated carbocycles. The van der Waals surface area contributed by atoms with E-state index in [-0.39, 0.29) is 17.5 Å². The van der Waals surface area contributed by atoms with Gasteiger partial charge in [-0.3, -0.25) is 4.79 Å². The summed E-state index contributed by atoms with van der Waals surface area (Å²) in [6.07, 6.45) is 0. The summed E-state index contributed by atoms with van der Waals surface area (Å²) in [7, 11) is 0. The van der Waals surface area contributed by atoms with Gasteiger partial charge in [0, 0.05) is 11.1 Å². The summed E-state index contributed by atoms with van der Waals surface area (Å²) in [5, 5.41) is 0. The van der Waals surface area contributed by atoms with Crippen molar-refractivity contribution >= 4 is 5.91 Å². The number of hydrogen-bond donors (Lipinski definition) is 1. The molecule has 5 heteroatoms. The van der Waals surface area contributed by atoms with E-state index in [4.69, 9.17) is 0 Å². The van der Waals surface area contributed by atoms with Crippen molar-refractivity contribution in [2.45, 2.75) is 6.54 Å². The van der Waals surface area contributed by atoms with Crippen molar-refractivity contribution in [1.82, 2.24) is 4.90 Å². The highest BCUT2D eigenvalue weighted by Gasteiger charge is 2.25. The van der Waals surface area contributed by atoms with E-state index in [1.54, 1.807) is 17.0 Å². The molecule has 3 rings (SSSR count). The Morgan fingerprint density at radius 3 is 2.30 bits per heavy atom. The molecule has 0 unspecified atom stereocenters. The third kappa shape index (κ3) is 3.74. The summed E-state index contributed by atoms with van der Waals surface area (Å²) in [4.78, 5) is 15.4. The number of hydrogen-bond acceptors (Lipinski definition) is 1. The molecule has 2 aromatic rings. The van der Waals surface area contributed by atoms with E-state index in [1.807, 2.05) is 6.07 Å². The van der Waals surface area contributed by atoms with Crippen LogP contribution in [-0.2, 0) is 6.54 Å². The molecule has 1 aliphatic rings. The number of benzene rings is 2. The van der Waals surface area contributed by atoms with Crippen molar-refractivity contribution in [3.8, 4) is 0 Å². The van der Waals surface area contributed by atoms with Crippen molar-refractivity contribution in [2.75, 3.05) is 26.2 Å². The predicted molar refractivity (Wildman–Crippen MR) is 83.1 cm³/mol. The van der Waals surface area contributed by atoms with Crippen molar-refractivity contribution in [3.05, 3.63) is 71.3 Å². The molecule has 0 aliphatic carbocycles. The quantitative estimate of drug-likeness (QED) is 0.912. The summed E-state index contributed by atoms with van der Waals surface area (Å²) in [5.41, 5.74) is 1.21. The Labute approximate surface area is 134 Å². The minimum atomic E-state index is -0.347. The Morgan fingerprint density at radius 1 is 1.00 bits per heavy atom. The maximum atomic E-state index is 13.7. The third-order valence-electron chi connectivity index (χ3n) is 4.25. The monoisotopic (exact) mass is 317 g/mol. The van der Waals surface area contributed by atoms with Gasteiger partial charge in [0.2, 0.25) is 0 Å². The largest absolute Gasteiger partial charge is 0.328 e. The van der Waals surface area contributed by atoms with E-state index in [0.29, 0.717) is 30.8 Å². The maximum Gasteiger partial charge on any atom is 0.254 e. The van der Waals surface area contributed by atoms with E-state index in [2.05, 4.69) is 0 Å². The van der Waals surface area contributed by atoms with Gasteiger partial charge in [0.1, 0.15) is 18.2 Å². The number of nitrogens with zero attached hydrogens (tertiary/aromatic N) is 1. The number of piperazine rings is 1. The summed E-state index contributed by atoms with van der Waals surface area (Å²) in [6, 6.07) is 12.4. The molecule has 0 spiro atoms. The van der Waals surface area contributed by atoms with Crippen LogP contribution in [0.15, 0.2) is 48.5 Å². The first-order valence-corrected chi connectivity index (χ1v) is 7.75. The van der Waals surface area contributed by atoms with E-state index in [9.17, 15) is 13.6 Å². The molecule has 1 saturated heterocycles. The molecule has 120 valence electrons. The van der Waals surface area contributed by atoms with Crippen LogP contribution in [0.1, 0.15) is 15.9 Å². The van der Waals surface area contributed by atoms with Gasteiger partial charge in [-0.25, -0.2) is 8.78 Å². The molecule has 1 N–H and O–H groups in total. The fourth-order valence-corrected chi connectivity index (χ4v) is 2.89. The van der Waals surface area contributed by atoms with Crippen LogP contribution >= 0.6 is 0 Å². The van der Waals surface area contributed by atoms with Crippen LogP contribution in [0.5, 0.6) is 0 Å². The minimum Gasteiger partial charge on any atom is -0.328 e. The molecule has 0 bridgehead atoms. The zero-order valence-electron chi connectivity index (χ0n) is 12.8. The number of carbonyl (C=O) groups excluding carboxylic acids is 1. The lowest BCUT2D eigenvalue weighted by Crippen LogP contribution is -3.13. The van der Waals surface area contributed by atoms with Gasteiger partial charge in [0.25, 0.3) is 5.91 Å². The van der Waals surface area contributed by atoms with Gasteiger partial charge >= 0.3 is 0 Å². The second-order valence-electron chi connectivity index (χ2n) is 5.82. The first-order valence-electron chi connectivity index (χ1n) is 7.75. The Balaban J connectivity index is 1.57. The molecule has 0 atom stereocenters. The number of quaternary nitrogens is 1. The Hall–Kier alpha value is -2.27. The van der Waals surface area contributed by atoms with Gasteiger partial charge in [-0.05, 0) is 30.3 Å². The van der Waals surface area contributed by atoms with Gasteiger partial charge < -0.3 is 9.80 Å². The molecular weight excluding hydrogens is 298 g/mol. The second-order valence-corrected chi connectivity index (χ2v) is 5.82. The fourth-order valence-electron chi connectivity index (χ4n) is 2.89. The van der Waals surface area contributed by atoms with Crippen LogP contribution in [0.3, 0.4) is 0 Å². The van der Waals surface area contributed by atoms with Crippen molar-refractivity contribution in [1.29, 1.82) is 0 Å². The van der Waals surface area contributed by atoms with Crippen LogP contribution in [0.2, 0.25) is 0 Å². The molecule has 0 aromatic heterocycles. The molecule has 2 aromatic carbocycles. The summed E-state index contributed by atoms with van der Waals surface area (Å²) in [6.45, 7) is 3.44. The maximum absolute atomic E-state index is 13.7. The molecule has 0 radical (unpaired) electrons. The minimum absolute atomic E-state index is 0.0741. The SMILES string of the molecule is O=C(c1ccc(F)cc1)N1CC[NH+](Cc2ccccc2F)CC1. The van der Waals surface area contributed by atoms with Crippen LogP contribution in [0.25, 0.3) is 0 Å². The van der Waals surface area contributed by atoms with Gasteiger partial charge in [-0.1, -0.05) is 18.2 Å². The van der Waals surface area contributed by atoms with Gasteiger partial charge in [0.05, 0.1) is 26.2 Å². The van der Waals surface area contributed by atoms with E-state index >= 15 is 0 Å². The predicted octanol–water partition coefficient (Wildman–Crippen LogP) is 1.51. The van der Waals surface area contributed by atoms with Crippen LogP contribution < -0.4 is 4.90 Å². The average molecular weight is 317 g/mol. The van der Waals surface area contributed by atoms with Crippen molar-refractivity contribution in [3.63, 3.8) is 0 Å². The zero-order valence-corrected chi connectivity index (χ0v) is 12.8. The highest BCUT2D eigenvalue weighted by molar-refractivity contribution is 5.94. The molecule has 23 heavy (non-hydrogen) atoms. The first-order chi connectivity index (χ1) is 11.1. The third-order valence-corrected chi connectivity index (χ3v) is 4.25. The number of amides is 1. The highest BCUT2D eigenvalue weighted by Crippen LogP contribution is 2.08. The Bertz CT molecular complexity index is 680. The molecular formula is C18H19F2N2O+. The van der Waals surface area contributed by atoms with Gasteiger partial charge in [-0.15, -0.1) is 0 Å². The van der Waals surface area contributed by atoms with E-state index in [0.717, 1.165) is 13.1 Å². The molecule has 3 nitrogen and oxygen atoms in total. The Morgan fingerprint density at radius 2 is 1.65 bits per heavy atom. The average Bonchev–Trinajstić information content (AvgIpc) is 2.58. The first kappa shape index (κ1) is 15.6. The van der Waals surface area contributed by atoms with Crippen LogP contribution in [0.4, 0.5) is 8.78 Å². The summed E-state index contributed by atoms with van der Waals surface area (Å²) >= 11 is 0. The second kappa shape index (κ2) is 6.87. The molecule has 1 heterocycles. The fraction of sp³-hybridized carbons (Fsp3) is 0.278. The van der Waals surface area contributed by atoms with Gasteiger partial charge in [-0.2, -0.15) is 0 Å². The number of carbonyl (C=O) groups is 1. The topological polar surface area (TPSA) is 24.8 Å². The summed E-state index contributed by atoms with van der Waals surface area (Å²) < 4.78 is 26.6. The van der Waals surface area contributed by atoms with Crippen LogP contribution in [-0.4, -0.2) is 37.0 Å². The lowest BCUT2D eigenvalue weighted by atomic mass is 10.1. The number of rotatable bonds is 3. The van der Waals surface area contributed by atoms with E-state index in [1.165, 1.54) is 35.2 Å². The normalized spacial score (nSPS) is 15.7. The standard InChI is InChI=1S/C18H18F2N2O/c19-16-7-5-14(6-8-16)18(23)22-11-9-21(10-12-22)13-15-3-1-2-4-17(15)20/h1-8H,9-13H2/p+1. The number of halogens is 2. The number of nitrogens with one attached hydrogen (secondary N) is 1. The van der Waals surface area contributed by atoms with Gasteiger partial charge in [0.15, 0.2) is 0 Å². The van der Waals surface area contributed by atoms with E-state index < -0.39 is 0 Å². The van der Waals surface area contributed by atoms with Crippen molar-refractivity contribution in [2.24, 2.45) is 0 Å². The lowest BCUT2D eigenvalue weighted by Gasteiger charge is -2.32. The lowest BCUT2D eigenvalue weighted by molar-refractivity contribution is -0.917. The molecule has 1 amide bonds. The smallest absolute Gasteiger partial charge is 0.254 e. The van der Waals surface area contributed by atoms with Crippen molar-refractivity contribution < 1.29 is 18.5 Å². The Kier molecular flexibility index (Phi) is 4.67. The van der Waals surface area contributed by atoms with Crippen LogP contribution in [0, 0.1) is 11.6 Å². The molecule has 1 fully saturated rings. The molecule has 1 aliphatic heterocycles.